The van der Waals surface area contributed by atoms with Crippen LogP contribution in [-0.2, 0) is 11.2 Å². The lowest BCUT2D eigenvalue weighted by atomic mass is 9.87. The van der Waals surface area contributed by atoms with Gasteiger partial charge in [-0.15, -0.1) is 11.8 Å². The molecule has 22 heavy (non-hydrogen) atoms. The number of benzene rings is 1. The number of carboxylic acids is 1. The summed E-state index contributed by atoms with van der Waals surface area (Å²) in [5.74, 6) is -0.373. The Bertz CT molecular complexity index is 678. The third-order valence-corrected chi connectivity index (χ3v) is 4.57. The summed E-state index contributed by atoms with van der Waals surface area (Å²) in [5.41, 5.74) is 2.55. The Balaban J connectivity index is 2.12. The van der Waals surface area contributed by atoms with E-state index in [2.05, 4.69) is 50.0 Å². The van der Waals surface area contributed by atoms with Gasteiger partial charge in [0.2, 0.25) is 0 Å². The van der Waals surface area contributed by atoms with E-state index in [0.29, 0.717) is 10.6 Å². The van der Waals surface area contributed by atoms with Crippen molar-refractivity contribution in [2.24, 2.45) is 0 Å². The highest BCUT2D eigenvalue weighted by Crippen LogP contribution is 2.28. The molecule has 0 atom stereocenters. The van der Waals surface area contributed by atoms with Crippen molar-refractivity contribution in [2.75, 3.05) is 0 Å². The Morgan fingerprint density at radius 3 is 2.36 bits per heavy atom. The minimum Gasteiger partial charge on any atom is -0.476 e. The maximum atomic E-state index is 11.2. The fraction of sp³-hybridized carbons (Fsp3) is 0.294. The highest BCUT2D eigenvalue weighted by atomic mass is 35.5. The number of pyridine rings is 1. The van der Waals surface area contributed by atoms with Gasteiger partial charge in [0.15, 0.2) is 5.69 Å². The standard InChI is InChI=1S/C17H18ClNO2S/c1-17(2,3)12-6-4-11(5-7-12)10-22-13-8-9-14(18)19-15(13)16(20)21/h4-9H,10H2,1-3H3,(H,20,21). The number of halogens is 1. The van der Waals surface area contributed by atoms with Gasteiger partial charge in [-0.3, -0.25) is 0 Å². The molecule has 1 aromatic carbocycles. The van der Waals surface area contributed by atoms with Crippen molar-refractivity contribution in [3.63, 3.8) is 0 Å². The van der Waals surface area contributed by atoms with Crippen molar-refractivity contribution in [1.29, 1.82) is 0 Å². The van der Waals surface area contributed by atoms with Gasteiger partial charge in [-0.25, -0.2) is 9.78 Å². The first kappa shape index (κ1) is 16.8. The lowest BCUT2D eigenvalue weighted by Gasteiger charge is -2.19. The zero-order chi connectivity index (χ0) is 16.3. The van der Waals surface area contributed by atoms with Crippen LogP contribution < -0.4 is 0 Å². The van der Waals surface area contributed by atoms with Gasteiger partial charge in [-0.2, -0.15) is 0 Å². The summed E-state index contributed by atoms with van der Waals surface area (Å²) in [6.07, 6.45) is 0. The third-order valence-electron chi connectivity index (χ3n) is 3.24. The van der Waals surface area contributed by atoms with Gasteiger partial charge in [0.25, 0.3) is 0 Å². The summed E-state index contributed by atoms with van der Waals surface area (Å²) in [4.78, 5) is 15.7. The number of nitrogens with zero attached hydrogens (tertiary/aromatic N) is 1. The average Bonchev–Trinajstić information content (AvgIpc) is 2.45. The normalized spacial score (nSPS) is 11.5. The van der Waals surface area contributed by atoms with Crippen LogP contribution in [0.25, 0.3) is 0 Å². The molecule has 2 aromatic rings. The number of carboxylic acid groups (broad SMARTS) is 1. The van der Waals surface area contributed by atoms with Crippen LogP contribution in [0.2, 0.25) is 5.15 Å². The van der Waals surface area contributed by atoms with Gasteiger partial charge in [0.1, 0.15) is 5.15 Å². The molecule has 0 fully saturated rings. The number of hydrogen-bond acceptors (Lipinski definition) is 3. The van der Waals surface area contributed by atoms with Gasteiger partial charge < -0.3 is 5.11 Å². The highest BCUT2D eigenvalue weighted by Gasteiger charge is 2.15. The Labute approximate surface area is 139 Å². The predicted molar refractivity (Wildman–Crippen MR) is 90.9 cm³/mol. The van der Waals surface area contributed by atoms with Crippen molar-refractivity contribution in [3.05, 3.63) is 58.4 Å². The average molecular weight is 336 g/mol. The molecule has 1 heterocycles. The molecule has 1 N–H and O–H groups in total. The molecule has 0 aliphatic carbocycles. The molecule has 0 aliphatic heterocycles. The topological polar surface area (TPSA) is 50.2 Å². The summed E-state index contributed by atoms with van der Waals surface area (Å²) < 4.78 is 0. The van der Waals surface area contributed by atoms with Crippen LogP contribution in [0.1, 0.15) is 42.4 Å². The summed E-state index contributed by atoms with van der Waals surface area (Å²) >= 11 is 7.20. The molecule has 0 saturated heterocycles. The van der Waals surface area contributed by atoms with Crippen LogP contribution in [0.15, 0.2) is 41.3 Å². The lowest BCUT2D eigenvalue weighted by molar-refractivity contribution is 0.0686. The van der Waals surface area contributed by atoms with Crippen LogP contribution in [-0.4, -0.2) is 16.1 Å². The first-order chi connectivity index (χ1) is 10.3. The Morgan fingerprint density at radius 2 is 1.82 bits per heavy atom. The van der Waals surface area contributed by atoms with Crippen molar-refractivity contribution in [3.8, 4) is 0 Å². The second kappa shape index (κ2) is 6.71. The highest BCUT2D eigenvalue weighted by molar-refractivity contribution is 7.98. The van der Waals surface area contributed by atoms with Gasteiger partial charge >= 0.3 is 5.97 Å². The summed E-state index contributed by atoms with van der Waals surface area (Å²) in [5, 5.41) is 9.37. The van der Waals surface area contributed by atoms with Gasteiger partial charge in [0, 0.05) is 10.6 Å². The van der Waals surface area contributed by atoms with Crippen molar-refractivity contribution in [2.45, 2.75) is 36.8 Å². The summed E-state index contributed by atoms with van der Waals surface area (Å²) in [6, 6.07) is 11.7. The molecular weight excluding hydrogens is 318 g/mol. The Kier molecular flexibility index (Phi) is 5.14. The maximum Gasteiger partial charge on any atom is 0.355 e. The van der Waals surface area contributed by atoms with E-state index in [9.17, 15) is 9.90 Å². The van der Waals surface area contributed by atoms with E-state index in [1.165, 1.54) is 17.3 Å². The summed E-state index contributed by atoms with van der Waals surface area (Å²) in [6.45, 7) is 6.53. The van der Waals surface area contributed by atoms with E-state index in [1.807, 2.05) is 0 Å². The number of aromatic carboxylic acids is 1. The molecule has 116 valence electrons. The number of aromatic nitrogens is 1. The molecule has 0 saturated carbocycles. The van der Waals surface area contributed by atoms with Crippen LogP contribution >= 0.6 is 23.4 Å². The molecule has 0 bridgehead atoms. The predicted octanol–water partition coefficient (Wildman–Crippen LogP) is 5.02. The van der Waals surface area contributed by atoms with E-state index in [4.69, 9.17) is 11.6 Å². The van der Waals surface area contributed by atoms with Crippen LogP contribution in [0.4, 0.5) is 0 Å². The molecular formula is C17H18ClNO2S. The third kappa shape index (κ3) is 4.24. The van der Waals surface area contributed by atoms with E-state index in [-0.39, 0.29) is 16.3 Å². The second-order valence-electron chi connectivity index (χ2n) is 6.02. The Hall–Kier alpha value is -1.52. The number of thioether (sulfide) groups is 1. The van der Waals surface area contributed by atoms with Crippen LogP contribution in [0, 0.1) is 0 Å². The summed E-state index contributed by atoms with van der Waals surface area (Å²) in [7, 11) is 0. The fourth-order valence-electron chi connectivity index (χ4n) is 1.95. The zero-order valence-electron chi connectivity index (χ0n) is 12.8. The van der Waals surface area contributed by atoms with E-state index in [0.717, 1.165) is 5.56 Å². The molecule has 0 amide bonds. The smallest absolute Gasteiger partial charge is 0.355 e. The van der Waals surface area contributed by atoms with Crippen LogP contribution in [0.5, 0.6) is 0 Å². The van der Waals surface area contributed by atoms with Crippen molar-refractivity contribution in [1.82, 2.24) is 4.98 Å². The maximum absolute atomic E-state index is 11.2. The molecule has 0 spiro atoms. The number of carbonyl (C=O) groups is 1. The van der Waals surface area contributed by atoms with E-state index < -0.39 is 5.97 Å². The zero-order valence-corrected chi connectivity index (χ0v) is 14.3. The lowest BCUT2D eigenvalue weighted by Crippen LogP contribution is -2.10. The van der Waals surface area contributed by atoms with Gasteiger partial charge in [-0.05, 0) is 28.7 Å². The van der Waals surface area contributed by atoms with E-state index in [1.54, 1.807) is 12.1 Å². The van der Waals surface area contributed by atoms with E-state index >= 15 is 0 Å². The van der Waals surface area contributed by atoms with Gasteiger partial charge in [-0.1, -0.05) is 56.6 Å². The first-order valence-electron chi connectivity index (χ1n) is 6.89. The molecule has 2 rings (SSSR count). The largest absolute Gasteiger partial charge is 0.476 e. The quantitative estimate of drug-likeness (QED) is 0.629. The van der Waals surface area contributed by atoms with Gasteiger partial charge in [0.05, 0.1) is 0 Å². The molecule has 0 aliphatic rings. The molecule has 0 radical (unpaired) electrons. The molecule has 1 aromatic heterocycles. The molecule has 5 heteroatoms. The Morgan fingerprint density at radius 1 is 1.18 bits per heavy atom. The second-order valence-corrected chi connectivity index (χ2v) is 7.43. The van der Waals surface area contributed by atoms with Crippen molar-refractivity contribution >= 4 is 29.3 Å². The number of hydrogen-bond donors (Lipinski definition) is 1. The minimum atomic E-state index is -1.06. The minimum absolute atomic E-state index is 0.00353. The van der Waals surface area contributed by atoms with Crippen molar-refractivity contribution < 1.29 is 9.90 Å². The first-order valence-corrected chi connectivity index (χ1v) is 8.26. The monoisotopic (exact) mass is 335 g/mol. The van der Waals surface area contributed by atoms with Crippen LogP contribution in [0.3, 0.4) is 0 Å². The SMILES string of the molecule is CC(C)(C)c1ccc(CSc2ccc(Cl)nc2C(=O)O)cc1. The number of rotatable bonds is 4. The molecule has 3 nitrogen and oxygen atoms in total. The molecule has 0 unspecified atom stereocenters. The fourth-order valence-corrected chi connectivity index (χ4v) is 3.05.